The monoisotopic (exact) mass is 157 g/mol. The van der Waals surface area contributed by atoms with Crippen LogP contribution in [0.25, 0.3) is 0 Å². The smallest absolute Gasteiger partial charge is 0.308 e. The van der Waals surface area contributed by atoms with Gasteiger partial charge in [-0.15, -0.1) is 0 Å². The topological polar surface area (TPSA) is 49.3 Å². The van der Waals surface area contributed by atoms with Gasteiger partial charge in [0.15, 0.2) is 0 Å². The molecular formula is C8H15NO2. The second-order valence-electron chi connectivity index (χ2n) is 3.51. The highest BCUT2D eigenvalue weighted by molar-refractivity contribution is 5.71. The van der Waals surface area contributed by atoms with Crippen LogP contribution in [0.5, 0.6) is 0 Å². The van der Waals surface area contributed by atoms with E-state index in [1.165, 1.54) is 0 Å². The predicted molar refractivity (Wildman–Crippen MR) is 42.3 cm³/mol. The van der Waals surface area contributed by atoms with Gasteiger partial charge in [-0.25, -0.2) is 0 Å². The van der Waals surface area contributed by atoms with Crippen LogP contribution < -0.4 is 5.32 Å². The van der Waals surface area contributed by atoms with E-state index in [0.717, 1.165) is 6.54 Å². The zero-order valence-electron chi connectivity index (χ0n) is 7.00. The highest BCUT2D eigenvalue weighted by Gasteiger charge is 2.34. The van der Waals surface area contributed by atoms with Crippen molar-refractivity contribution in [3.8, 4) is 0 Å². The van der Waals surface area contributed by atoms with E-state index in [9.17, 15) is 4.79 Å². The van der Waals surface area contributed by atoms with Gasteiger partial charge in [0.25, 0.3) is 0 Å². The lowest BCUT2D eigenvalue weighted by molar-refractivity contribution is -0.142. The largest absolute Gasteiger partial charge is 0.481 e. The number of carbonyl (C=O) groups is 1. The lowest BCUT2D eigenvalue weighted by atomic mass is 9.86. The number of hydrogen-bond acceptors (Lipinski definition) is 2. The molecule has 0 saturated carbocycles. The average molecular weight is 157 g/mol. The highest BCUT2D eigenvalue weighted by Crippen LogP contribution is 2.24. The number of hydrogen-bond donors (Lipinski definition) is 2. The molecule has 0 radical (unpaired) electrons. The first kappa shape index (κ1) is 8.53. The van der Waals surface area contributed by atoms with Crippen molar-refractivity contribution in [2.45, 2.75) is 13.8 Å². The Morgan fingerprint density at radius 1 is 1.55 bits per heavy atom. The number of rotatable bonds is 2. The van der Waals surface area contributed by atoms with Crippen molar-refractivity contribution in [1.29, 1.82) is 0 Å². The average Bonchev–Trinajstić information content (AvgIpc) is 2.32. The molecule has 1 unspecified atom stereocenters. The van der Waals surface area contributed by atoms with Crippen LogP contribution in [0.4, 0.5) is 0 Å². The molecule has 0 aromatic heterocycles. The Kier molecular flexibility index (Phi) is 2.49. The van der Waals surface area contributed by atoms with Crippen molar-refractivity contribution < 1.29 is 9.90 Å². The molecule has 1 aliphatic heterocycles. The molecule has 2 atom stereocenters. The second kappa shape index (κ2) is 3.22. The van der Waals surface area contributed by atoms with Crippen molar-refractivity contribution in [3.05, 3.63) is 0 Å². The van der Waals surface area contributed by atoms with Crippen LogP contribution >= 0.6 is 0 Å². The first-order valence-electron chi connectivity index (χ1n) is 4.06. The van der Waals surface area contributed by atoms with Gasteiger partial charge in [0.2, 0.25) is 0 Å². The Labute approximate surface area is 66.8 Å². The number of carboxylic acids is 1. The lowest BCUT2D eigenvalue weighted by Crippen LogP contribution is -2.25. The number of aliphatic carboxylic acids is 1. The van der Waals surface area contributed by atoms with E-state index >= 15 is 0 Å². The summed E-state index contributed by atoms with van der Waals surface area (Å²) in [7, 11) is 0. The quantitative estimate of drug-likeness (QED) is 0.616. The third-order valence-electron chi connectivity index (χ3n) is 2.43. The van der Waals surface area contributed by atoms with Gasteiger partial charge in [0.1, 0.15) is 0 Å². The molecule has 0 amide bonds. The molecule has 0 aliphatic carbocycles. The number of nitrogens with one attached hydrogen (secondary N) is 1. The van der Waals surface area contributed by atoms with Crippen molar-refractivity contribution >= 4 is 5.97 Å². The Morgan fingerprint density at radius 3 is 2.55 bits per heavy atom. The van der Waals surface area contributed by atoms with E-state index in [0.29, 0.717) is 18.4 Å². The molecule has 0 aromatic carbocycles. The standard InChI is InChI=1S/C8H15NO2/c1-5(2)6-3-9-4-7(6)8(10)11/h5-7,9H,3-4H2,1-2H3,(H,10,11)/t6?,7-/m0/s1. The van der Waals surface area contributed by atoms with Crippen molar-refractivity contribution in [3.63, 3.8) is 0 Å². The zero-order chi connectivity index (χ0) is 8.43. The summed E-state index contributed by atoms with van der Waals surface area (Å²) >= 11 is 0. The lowest BCUT2D eigenvalue weighted by Gasteiger charge is -2.17. The van der Waals surface area contributed by atoms with E-state index < -0.39 is 5.97 Å². The molecule has 64 valence electrons. The summed E-state index contributed by atoms with van der Waals surface area (Å²) in [5.74, 6) is -0.0534. The van der Waals surface area contributed by atoms with Gasteiger partial charge >= 0.3 is 5.97 Å². The fourth-order valence-electron chi connectivity index (χ4n) is 1.67. The van der Waals surface area contributed by atoms with Gasteiger partial charge in [0, 0.05) is 6.54 Å². The zero-order valence-corrected chi connectivity index (χ0v) is 7.00. The summed E-state index contributed by atoms with van der Waals surface area (Å²) < 4.78 is 0. The maximum absolute atomic E-state index is 10.7. The molecule has 0 aromatic rings. The maximum Gasteiger partial charge on any atom is 0.308 e. The van der Waals surface area contributed by atoms with Crippen LogP contribution in [0.2, 0.25) is 0 Å². The number of carboxylic acid groups (broad SMARTS) is 1. The third-order valence-corrected chi connectivity index (χ3v) is 2.43. The molecule has 0 bridgehead atoms. The summed E-state index contributed by atoms with van der Waals surface area (Å²) in [6.45, 7) is 5.65. The SMILES string of the molecule is CC(C)C1CNC[C@@H]1C(=O)O. The molecule has 1 heterocycles. The highest BCUT2D eigenvalue weighted by atomic mass is 16.4. The molecule has 1 saturated heterocycles. The normalized spacial score (nSPS) is 31.2. The second-order valence-corrected chi connectivity index (χ2v) is 3.51. The van der Waals surface area contributed by atoms with Gasteiger partial charge in [-0.3, -0.25) is 4.79 Å². The van der Waals surface area contributed by atoms with Crippen LogP contribution in [-0.2, 0) is 4.79 Å². The molecule has 0 spiro atoms. The first-order chi connectivity index (χ1) is 5.13. The van der Waals surface area contributed by atoms with E-state index in [2.05, 4.69) is 19.2 Å². The Hall–Kier alpha value is -0.570. The summed E-state index contributed by atoms with van der Waals surface area (Å²) in [5.41, 5.74) is 0. The van der Waals surface area contributed by atoms with Crippen LogP contribution in [0.3, 0.4) is 0 Å². The van der Waals surface area contributed by atoms with Crippen LogP contribution in [0.1, 0.15) is 13.8 Å². The summed E-state index contributed by atoms with van der Waals surface area (Å²) in [6.07, 6.45) is 0. The van der Waals surface area contributed by atoms with Gasteiger partial charge in [0.05, 0.1) is 5.92 Å². The molecule has 11 heavy (non-hydrogen) atoms. The minimum absolute atomic E-state index is 0.171. The molecule has 3 heteroatoms. The van der Waals surface area contributed by atoms with Gasteiger partial charge < -0.3 is 10.4 Å². The maximum atomic E-state index is 10.7. The van der Waals surface area contributed by atoms with Crippen LogP contribution in [0, 0.1) is 17.8 Å². The minimum Gasteiger partial charge on any atom is -0.481 e. The minimum atomic E-state index is -0.659. The molecule has 1 fully saturated rings. The van der Waals surface area contributed by atoms with Gasteiger partial charge in [-0.05, 0) is 18.4 Å². The summed E-state index contributed by atoms with van der Waals surface area (Å²) in [5, 5.41) is 11.9. The summed E-state index contributed by atoms with van der Waals surface area (Å²) in [4.78, 5) is 10.7. The van der Waals surface area contributed by atoms with E-state index in [-0.39, 0.29) is 5.92 Å². The fourth-order valence-corrected chi connectivity index (χ4v) is 1.67. The molecule has 1 aliphatic rings. The Morgan fingerprint density at radius 2 is 2.18 bits per heavy atom. The molecular weight excluding hydrogens is 142 g/mol. The van der Waals surface area contributed by atoms with Crippen molar-refractivity contribution in [2.75, 3.05) is 13.1 Å². The van der Waals surface area contributed by atoms with E-state index in [4.69, 9.17) is 5.11 Å². The van der Waals surface area contributed by atoms with E-state index in [1.54, 1.807) is 0 Å². The van der Waals surface area contributed by atoms with Crippen molar-refractivity contribution in [1.82, 2.24) is 5.32 Å². The molecule has 2 N–H and O–H groups in total. The van der Waals surface area contributed by atoms with E-state index in [1.807, 2.05) is 0 Å². The third kappa shape index (κ3) is 1.71. The van der Waals surface area contributed by atoms with Crippen LogP contribution in [-0.4, -0.2) is 24.2 Å². The van der Waals surface area contributed by atoms with Crippen molar-refractivity contribution in [2.24, 2.45) is 17.8 Å². The fraction of sp³-hybridized carbons (Fsp3) is 0.875. The Bertz CT molecular complexity index is 156. The Balaban J connectivity index is 2.58. The first-order valence-corrected chi connectivity index (χ1v) is 4.06. The van der Waals surface area contributed by atoms with Crippen LogP contribution in [0.15, 0.2) is 0 Å². The summed E-state index contributed by atoms with van der Waals surface area (Å²) in [6, 6.07) is 0. The molecule has 1 rings (SSSR count). The predicted octanol–water partition coefficient (Wildman–Crippen LogP) is 0.563. The molecule has 3 nitrogen and oxygen atoms in total. The van der Waals surface area contributed by atoms with Gasteiger partial charge in [-0.2, -0.15) is 0 Å². The van der Waals surface area contributed by atoms with Gasteiger partial charge in [-0.1, -0.05) is 13.8 Å².